The van der Waals surface area contributed by atoms with Crippen LogP contribution in [0.25, 0.3) is 0 Å². The molecule has 1 nitrogen and oxygen atoms in total. The van der Waals surface area contributed by atoms with Crippen LogP contribution in [0.15, 0.2) is 35.0 Å². The topological polar surface area (TPSA) is 12.0 Å². The highest BCUT2D eigenvalue weighted by molar-refractivity contribution is 7.07. The smallest absolute Gasteiger partial charge is 0.129 e. The van der Waals surface area contributed by atoms with E-state index >= 15 is 0 Å². The van der Waals surface area contributed by atoms with Gasteiger partial charge < -0.3 is 5.32 Å². The molecule has 4 heteroatoms. The van der Waals surface area contributed by atoms with E-state index in [1.807, 2.05) is 18.4 Å². The molecule has 1 aromatic heterocycles. The van der Waals surface area contributed by atoms with Gasteiger partial charge in [0.2, 0.25) is 0 Å². The zero-order valence-corrected chi connectivity index (χ0v) is 11.6. The van der Waals surface area contributed by atoms with Crippen molar-refractivity contribution < 1.29 is 8.78 Å². The van der Waals surface area contributed by atoms with Crippen LogP contribution in [0, 0.1) is 11.6 Å². The lowest BCUT2D eigenvalue weighted by Crippen LogP contribution is -2.33. The second-order valence-corrected chi connectivity index (χ2v) is 5.27. The molecule has 0 aliphatic carbocycles. The van der Waals surface area contributed by atoms with Crippen molar-refractivity contribution in [1.29, 1.82) is 0 Å². The second kappa shape index (κ2) is 6.78. The van der Waals surface area contributed by atoms with Gasteiger partial charge >= 0.3 is 0 Å². The molecule has 1 atom stereocenters. The zero-order valence-electron chi connectivity index (χ0n) is 10.8. The lowest BCUT2D eigenvalue weighted by Gasteiger charge is -2.18. The fourth-order valence-corrected chi connectivity index (χ4v) is 2.85. The summed E-state index contributed by atoms with van der Waals surface area (Å²) in [6.07, 6.45) is 1.15. The van der Waals surface area contributed by atoms with Crippen molar-refractivity contribution in [1.82, 2.24) is 5.32 Å². The van der Waals surface area contributed by atoms with Gasteiger partial charge in [-0.2, -0.15) is 11.3 Å². The minimum atomic E-state index is -0.465. The standard InChI is InChI=1S/C15H17F2NS/c1-2-18-12(8-11-6-7-19-10-11)9-13-14(16)4-3-5-15(13)17/h3-7,10,12,18H,2,8-9H2,1H3. The average molecular weight is 281 g/mol. The Labute approximate surface area is 116 Å². The van der Waals surface area contributed by atoms with E-state index in [2.05, 4.69) is 10.7 Å². The number of rotatable bonds is 6. The van der Waals surface area contributed by atoms with Gasteiger partial charge in [0.05, 0.1) is 0 Å². The van der Waals surface area contributed by atoms with E-state index in [4.69, 9.17) is 0 Å². The molecule has 1 unspecified atom stereocenters. The molecule has 0 aliphatic rings. The van der Waals surface area contributed by atoms with E-state index in [0.29, 0.717) is 6.42 Å². The maximum atomic E-state index is 13.7. The molecule has 1 aromatic carbocycles. The first-order chi connectivity index (χ1) is 9.20. The summed E-state index contributed by atoms with van der Waals surface area (Å²) >= 11 is 1.64. The summed E-state index contributed by atoms with van der Waals surface area (Å²) in [5.41, 5.74) is 1.37. The van der Waals surface area contributed by atoms with Crippen LogP contribution >= 0.6 is 11.3 Å². The SMILES string of the molecule is CCNC(Cc1ccsc1)Cc1c(F)cccc1F. The van der Waals surface area contributed by atoms with Crippen LogP contribution in [0.1, 0.15) is 18.1 Å². The van der Waals surface area contributed by atoms with Crippen molar-refractivity contribution in [3.8, 4) is 0 Å². The Morgan fingerprint density at radius 1 is 1.16 bits per heavy atom. The molecule has 0 bridgehead atoms. The lowest BCUT2D eigenvalue weighted by molar-refractivity contribution is 0.484. The van der Waals surface area contributed by atoms with Gasteiger partial charge in [-0.1, -0.05) is 13.0 Å². The van der Waals surface area contributed by atoms with Crippen molar-refractivity contribution in [3.63, 3.8) is 0 Å². The molecule has 0 fully saturated rings. The molecule has 0 amide bonds. The highest BCUT2D eigenvalue weighted by atomic mass is 32.1. The molecule has 102 valence electrons. The van der Waals surface area contributed by atoms with Gasteiger partial charge in [0.15, 0.2) is 0 Å². The van der Waals surface area contributed by atoms with Gasteiger partial charge in [-0.3, -0.25) is 0 Å². The molecule has 0 radical (unpaired) electrons. The molecular weight excluding hydrogens is 264 g/mol. The Bertz CT molecular complexity index is 491. The molecule has 2 aromatic rings. The maximum absolute atomic E-state index is 13.7. The van der Waals surface area contributed by atoms with Crippen LogP contribution in [0.2, 0.25) is 0 Å². The average Bonchev–Trinajstić information content (AvgIpc) is 2.87. The molecule has 19 heavy (non-hydrogen) atoms. The van der Waals surface area contributed by atoms with Gasteiger partial charge in [-0.15, -0.1) is 0 Å². The number of nitrogens with one attached hydrogen (secondary N) is 1. The Balaban J connectivity index is 2.12. The summed E-state index contributed by atoms with van der Waals surface area (Å²) < 4.78 is 27.3. The molecule has 1 N–H and O–H groups in total. The zero-order chi connectivity index (χ0) is 13.7. The predicted molar refractivity (Wildman–Crippen MR) is 75.5 cm³/mol. The van der Waals surface area contributed by atoms with Crippen molar-refractivity contribution in [2.75, 3.05) is 6.54 Å². The summed E-state index contributed by atoms with van der Waals surface area (Å²) in [6.45, 7) is 2.78. The van der Waals surface area contributed by atoms with Crippen molar-refractivity contribution in [3.05, 3.63) is 57.8 Å². The van der Waals surface area contributed by atoms with Gasteiger partial charge in [0.1, 0.15) is 11.6 Å². The van der Waals surface area contributed by atoms with E-state index in [9.17, 15) is 8.78 Å². The van der Waals surface area contributed by atoms with Gasteiger partial charge in [0.25, 0.3) is 0 Å². The summed E-state index contributed by atoms with van der Waals surface area (Å²) in [5.74, 6) is -0.929. The summed E-state index contributed by atoms with van der Waals surface area (Å²) in [6, 6.07) is 6.12. The summed E-state index contributed by atoms with van der Waals surface area (Å²) in [7, 11) is 0. The summed E-state index contributed by atoms with van der Waals surface area (Å²) in [4.78, 5) is 0. The third-order valence-corrected chi connectivity index (χ3v) is 3.80. The first kappa shape index (κ1) is 14.2. The van der Waals surface area contributed by atoms with E-state index in [0.717, 1.165) is 13.0 Å². The normalized spacial score (nSPS) is 12.6. The molecule has 2 rings (SSSR count). The number of hydrogen-bond acceptors (Lipinski definition) is 2. The van der Waals surface area contributed by atoms with Crippen LogP contribution in [-0.4, -0.2) is 12.6 Å². The number of thiophene rings is 1. The number of likely N-dealkylation sites (N-methyl/N-ethyl adjacent to an activating group) is 1. The van der Waals surface area contributed by atoms with Crippen LogP contribution < -0.4 is 5.32 Å². The number of hydrogen-bond donors (Lipinski definition) is 1. The summed E-state index contributed by atoms with van der Waals surface area (Å²) in [5, 5.41) is 7.38. The van der Waals surface area contributed by atoms with E-state index < -0.39 is 11.6 Å². The number of halogens is 2. The largest absolute Gasteiger partial charge is 0.314 e. The maximum Gasteiger partial charge on any atom is 0.129 e. The quantitative estimate of drug-likeness (QED) is 0.849. The number of benzene rings is 1. The Hall–Kier alpha value is -1.26. The Morgan fingerprint density at radius 2 is 1.89 bits per heavy atom. The first-order valence-corrected chi connectivity index (χ1v) is 7.32. The molecule has 1 heterocycles. The van der Waals surface area contributed by atoms with Gasteiger partial charge in [-0.05, 0) is 53.9 Å². The van der Waals surface area contributed by atoms with Crippen molar-refractivity contribution >= 4 is 11.3 Å². The predicted octanol–water partition coefficient (Wildman–Crippen LogP) is 3.79. The minimum absolute atomic E-state index is 0.0472. The second-order valence-electron chi connectivity index (χ2n) is 4.49. The third kappa shape index (κ3) is 3.85. The fourth-order valence-electron chi connectivity index (χ4n) is 2.17. The molecule has 0 spiro atoms. The lowest BCUT2D eigenvalue weighted by atomic mass is 9.99. The first-order valence-electron chi connectivity index (χ1n) is 6.38. The van der Waals surface area contributed by atoms with Gasteiger partial charge in [0, 0.05) is 11.6 Å². The monoisotopic (exact) mass is 281 g/mol. The van der Waals surface area contributed by atoms with E-state index in [-0.39, 0.29) is 11.6 Å². The highest BCUT2D eigenvalue weighted by Crippen LogP contribution is 2.17. The van der Waals surface area contributed by atoms with Crippen molar-refractivity contribution in [2.45, 2.75) is 25.8 Å². The third-order valence-electron chi connectivity index (χ3n) is 3.07. The molecular formula is C15H17F2NS. The fraction of sp³-hybridized carbons (Fsp3) is 0.333. The molecule has 0 saturated carbocycles. The van der Waals surface area contributed by atoms with Crippen LogP contribution in [0.5, 0.6) is 0 Å². The van der Waals surface area contributed by atoms with Crippen LogP contribution in [0.4, 0.5) is 8.78 Å². The van der Waals surface area contributed by atoms with Gasteiger partial charge in [-0.25, -0.2) is 8.78 Å². The van der Waals surface area contributed by atoms with E-state index in [1.165, 1.54) is 23.8 Å². The molecule has 0 saturated heterocycles. The van der Waals surface area contributed by atoms with Crippen LogP contribution in [0.3, 0.4) is 0 Å². The minimum Gasteiger partial charge on any atom is -0.314 e. The van der Waals surface area contributed by atoms with E-state index in [1.54, 1.807) is 11.3 Å². The van der Waals surface area contributed by atoms with Crippen molar-refractivity contribution in [2.24, 2.45) is 0 Å². The Kier molecular flexibility index (Phi) is 5.05. The molecule has 0 aliphatic heterocycles. The highest BCUT2D eigenvalue weighted by Gasteiger charge is 2.15. The van der Waals surface area contributed by atoms with Crippen LogP contribution in [-0.2, 0) is 12.8 Å². The Morgan fingerprint density at radius 3 is 2.47 bits per heavy atom.